The number of nitrogens with one attached hydrogen (secondary N) is 1. The maximum Gasteiger partial charge on any atom is 0.104 e. The Hall–Kier alpha value is -0.240. The summed E-state index contributed by atoms with van der Waals surface area (Å²) in [6.45, 7) is 8.18. The van der Waals surface area contributed by atoms with Crippen molar-refractivity contribution in [3.63, 3.8) is 0 Å². The van der Waals surface area contributed by atoms with Gasteiger partial charge in [-0.1, -0.05) is 13.8 Å². The van der Waals surface area contributed by atoms with Crippen LogP contribution in [-0.2, 0) is 4.74 Å². The quantitative estimate of drug-likeness (QED) is 0.736. The second-order valence-corrected chi connectivity index (χ2v) is 6.83. The van der Waals surface area contributed by atoms with Gasteiger partial charge in [0.05, 0.1) is 12.2 Å². The van der Waals surface area contributed by atoms with Crippen molar-refractivity contribution in [2.45, 2.75) is 63.3 Å². The van der Waals surface area contributed by atoms with Crippen LogP contribution in [0.1, 0.15) is 46.5 Å². The molecule has 1 N–H and O–H groups in total. The minimum Gasteiger partial charge on any atom is -0.377 e. The third-order valence-corrected chi connectivity index (χ3v) is 4.60. The molecular formula is C14H26N2OS. The van der Waals surface area contributed by atoms with E-state index in [-0.39, 0.29) is 5.54 Å². The highest BCUT2D eigenvalue weighted by molar-refractivity contribution is 7.99. The molecule has 1 aliphatic rings. The van der Waals surface area contributed by atoms with E-state index in [2.05, 4.69) is 25.2 Å². The summed E-state index contributed by atoms with van der Waals surface area (Å²) in [6.07, 6.45) is 4.79. The topological polar surface area (TPSA) is 45.0 Å². The van der Waals surface area contributed by atoms with Crippen LogP contribution in [0.15, 0.2) is 0 Å². The van der Waals surface area contributed by atoms with Crippen molar-refractivity contribution < 1.29 is 4.74 Å². The summed E-state index contributed by atoms with van der Waals surface area (Å²) < 4.78 is 5.62. The predicted octanol–water partition coefficient (Wildman–Crippen LogP) is 2.96. The Morgan fingerprint density at radius 2 is 2.39 bits per heavy atom. The molecule has 4 heteroatoms. The van der Waals surface area contributed by atoms with Crippen molar-refractivity contribution in [1.82, 2.24) is 5.32 Å². The summed E-state index contributed by atoms with van der Waals surface area (Å²) in [4.78, 5) is 0. The van der Waals surface area contributed by atoms with E-state index in [4.69, 9.17) is 4.74 Å². The third-order valence-electron chi connectivity index (χ3n) is 3.30. The van der Waals surface area contributed by atoms with Crippen molar-refractivity contribution in [2.75, 3.05) is 18.9 Å². The van der Waals surface area contributed by atoms with E-state index in [0.717, 1.165) is 31.7 Å². The number of rotatable bonds is 8. The zero-order valence-electron chi connectivity index (χ0n) is 11.9. The van der Waals surface area contributed by atoms with Crippen molar-refractivity contribution in [3.05, 3.63) is 0 Å². The number of hydrogen-bond acceptors (Lipinski definition) is 4. The van der Waals surface area contributed by atoms with Gasteiger partial charge in [-0.05, 0) is 39.2 Å². The van der Waals surface area contributed by atoms with E-state index in [1.807, 2.05) is 18.7 Å². The molecule has 3 nitrogen and oxygen atoms in total. The zero-order chi connectivity index (χ0) is 13.4. The standard InChI is InChI=1S/C14H26N2OS/c1-4-7-16-14(3,11-15)9-12(2)18-10-13-6-5-8-17-13/h12-13,16H,4-10H2,1-3H3. The van der Waals surface area contributed by atoms with E-state index in [9.17, 15) is 5.26 Å². The second-order valence-electron chi connectivity index (χ2n) is 5.35. The zero-order valence-corrected chi connectivity index (χ0v) is 12.7. The van der Waals surface area contributed by atoms with Crippen LogP contribution in [0.3, 0.4) is 0 Å². The maximum atomic E-state index is 9.29. The second kappa shape index (κ2) is 8.04. The van der Waals surface area contributed by atoms with E-state index in [1.165, 1.54) is 12.8 Å². The molecule has 0 aromatic rings. The van der Waals surface area contributed by atoms with Crippen LogP contribution in [0.2, 0.25) is 0 Å². The minimum atomic E-state index is -0.390. The maximum absolute atomic E-state index is 9.29. The molecule has 1 fully saturated rings. The lowest BCUT2D eigenvalue weighted by atomic mass is 9.98. The number of nitrogens with zero attached hydrogens (tertiary/aromatic N) is 1. The highest BCUT2D eigenvalue weighted by Crippen LogP contribution is 2.25. The van der Waals surface area contributed by atoms with Gasteiger partial charge in [-0.15, -0.1) is 0 Å². The SMILES string of the molecule is CCCNC(C)(C#N)CC(C)SCC1CCCO1. The number of ether oxygens (including phenoxy) is 1. The molecule has 0 bridgehead atoms. The first-order valence-corrected chi connectivity index (χ1v) is 8.04. The smallest absolute Gasteiger partial charge is 0.104 e. The molecule has 3 atom stereocenters. The van der Waals surface area contributed by atoms with E-state index in [1.54, 1.807) is 0 Å². The molecule has 1 rings (SSSR count). The van der Waals surface area contributed by atoms with Gasteiger partial charge in [-0.3, -0.25) is 5.32 Å². The van der Waals surface area contributed by atoms with Gasteiger partial charge in [0.1, 0.15) is 5.54 Å². The van der Waals surface area contributed by atoms with Crippen LogP contribution >= 0.6 is 11.8 Å². The number of nitriles is 1. The number of thioether (sulfide) groups is 1. The Kier molecular flexibility index (Phi) is 7.06. The lowest BCUT2D eigenvalue weighted by Crippen LogP contribution is -2.43. The fourth-order valence-corrected chi connectivity index (χ4v) is 3.50. The molecule has 0 spiro atoms. The van der Waals surface area contributed by atoms with Gasteiger partial charge in [0.2, 0.25) is 0 Å². The van der Waals surface area contributed by atoms with Crippen molar-refractivity contribution in [2.24, 2.45) is 0 Å². The largest absolute Gasteiger partial charge is 0.377 e. The first-order chi connectivity index (χ1) is 8.59. The minimum absolute atomic E-state index is 0.390. The summed E-state index contributed by atoms with van der Waals surface area (Å²) in [7, 11) is 0. The van der Waals surface area contributed by atoms with Gasteiger partial charge in [0.25, 0.3) is 0 Å². The molecule has 18 heavy (non-hydrogen) atoms. The van der Waals surface area contributed by atoms with Crippen LogP contribution in [0.25, 0.3) is 0 Å². The van der Waals surface area contributed by atoms with Crippen LogP contribution in [-0.4, -0.2) is 35.8 Å². The summed E-state index contributed by atoms with van der Waals surface area (Å²) >= 11 is 1.93. The van der Waals surface area contributed by atoms with Gasteiger partial charge in [-0.25, -0.2) is 0 Å². The van der Waals surface area contributed by atoms with Gasteiger partial charge in [0.15, 0.2) is 0 Å². The van der Waals surface area contributed by atoms with Crippen LogP contribution in [0.5, 0.6) is 0 Å². The summed E-state index contributed by atoms with van der Waals surface area (Å²) in [6, 6.07) is 2.42. The van der Waals surface area contributed by atoms with Crippen molar-refractivity contribution in [3.8, 4) is 6.07 Å². The molecule has 0 amide bonds. The lowest BCUT2D eigenvalue weighted by molar-refractivity contribution is 0.128. The van der Waals surface area contributed by atoms with Gasteiger partial charge in [-0.2, -0.15) is 17.0 Å². The van der Waals surface area contributed by atoms with Gasteiger partial charge >= 0.3 is 0 Å². The first kappa shape index (κ1) is 15.8. The Balaban J connectivity index is 2.27. The summed E-state index contributed by atoms with van der Waals surface area (Å²) in [5.41, 5.74) is -0.390. The van der Waals surface area contributed by atoms with Gasteiger partial charge < -0.3 is 4.74 Å². The summed E-state index contributed by atoms with van der Waals surface area (Å²) in [5.74, 6) is 1.07. The van der Waals surface area contributed by atoms with Crippen LogP contribution < -0.4 is 5.32 Å². The molecule has 0 aromatic carbocycles. The van der Waals surface area contributed by atoms with E-state index < -0.39 is 0 Å². The molecular weight excluding hydrogens is 244 g/mol. The van der Waals surface area contributed by atoms with Crippen LogP contribution in [0.4, 0.5) is 0 Å². The molecule has 0 aromatic heterocycles. The highest BCUT2D eigenvalue weighted by Gasteiger charge is 2.26. The molecule has 1 aliphatic heterocycles. The Morgan fingerprint density at radius 3 is 2.94 bits per heavy atom. The molecule has 0 radical (unpaired) electrons. The summed E-state index contributed by atoms with van der Waals surface area (Å²) in [5, 5.41) is 13.1. The average molecular weight is 270 g/mol. The van der Waals surface area contributed by atoms with Crippen molar-refractivity contribution in [1.29, 1.82) is 5.26 Å². The fourth-order valence-electron chi connectivity index (χ4n) is 2.24. The van der Waals surface area contributed by atoms with E-state index >= 15 is 0 Å². The molecule has 0 saturated carbocycles. The highest BCUT2D eigenvalue weighted by atomic mass is 32.2. The lowest BCUT2D eigenvalue weighted by Gasteiger charge is -2.26. The van der Waals surface area contributed by atoms with E-state index in [0.29, 0.717) is 11.4 Å². The molecule has 1 heterocycles. The normalized spacial score (nSPS) is 24.4. The molecule has 104 valence electrons. The molecule has 1 saturated heterocycles. The third kappa shape index (κ3) is 5.60. The van der Waals surface area contributed by atoms with Crippen LogP contribution in [0, 0.1) is 11.3 Å². The molecule has 0 aliphatic carbocycles. The Labute approximate surface area is 116 Å². The van der Waals surface area contributed by atoms with Crippen molar-refractivity contribution >= 4 is 11.8 Å². The van der Waals surface area contributed by atoms with Gasteiger partial charge in [0, 0.05) is 17.6 Å². The average Bonchev–Trinajstić information content (AvgIpc) is 2.87. The first-order valence-electron chi connectivity index (χ1n) is 6.99. The Morgan fingerprint density at radius 1 is 1.61 bits per heavy atom. The number of hydrogen-bond donors (Lipinski definition) is 1. The Bertz CT molecular complexity index is 273. The monoisotopic (exact) mass is 270 g/mol. The predicted molar refractivity (Wildman–Crippen MR) is 77.8 cm³/mol. The fraction of sp³-hybridized carbons (Fsp3) is 0.929. The molecule has 3 unspecified atom stereocenters.